The monoisotopic (exact) mass is 201 g/mol. The summed E-state index contributed by atoms with van der Waals surface area (Å²) in [5.74, 6) is -0.206. The largest absolute Gasteiger partial charge is 0.357 e. The van der Waals surface area contributed by atoms with Gasteiger partial charge in [-0.15, -0.1) is 0 Å². The molecule has 0 aromatic rings. The van der Waals surface area contributed by atoms with Crippen molar-refractivity contribution in [3.8, 4) is 0 Å². The van der Waals surface area contributed by atoms with Gasteiger partial charge in [-0.05, 0) is 0 Å². The number of rotatable bonds is 1. The predicted molar refractivity (Wildman–Crippen MR) is 37.6 cm³/mol. The van der Waals surface area contributed by atoms with E-state index in [0.29, 0.717) is 0 Å². The van der Waals surface area contributed by atoms with E-state index in [-0.39, 0.29) is 12.3 Å². The van der Waals surface area contributed by atoms with Gasteiger partial charge in [0.15, 0.2) is 9.84 Å². The quantitative estimate of drug-likeness (QED) is 0.444. The molecule has 1 rings (SSSR count). The molecule has 1 aliphatic rings. The van der Waals surface area contributed by atoms with Gasteiger partial charge >= 0.3 is 7.60 Å². The Morgan fingerprint density at radius 3 is 2.18 bits per heavy atom. The van der Waals surface area contributed by atoms with Gasteiger partial charge in [-0.3, -0.25) is 9.88 Å². The van der Waals surface area contributed by atoms with Gasteiger partial charge in [-0.2, -0.15) is 0 Å². The molecule has 1 saturated heterocycles. The van der Waals surface area contributed by atoms with Crippen LogP contribution in [-0.2, 0) is 14.4 Å². The first kappa shape index (κ1) is 9.15. The molecule has 1 unspecified atom stereocenters. The Balaban J connectivity index is 3.01. The summed E-state index contributed by atoms with van der Waals surface area (Å²) in [4.78, 5) is 17.0. The number of nitrogens with one attached hydrogen (secondary N) is 1. The highest BCUT2D eigenvalue weighted by Crippen LogP contribution is 2.43. The molecule has 0 aliphatic carbocycles. The summed E-state index contributed by atoms with van der Waals surface area (Å²) in [5, 5.41) is 0.551. The topological polar surface area (TPSA) is 104 Å². The van der Waals surface area contributed by atoms with E-state index in [9.17, 15) is 13.0 Å². The first-order chi connectivity index (χ1) is 4.84. The van der Waals surface area contributed by atoms with Crippen LogP contribution in [0.1, 0.15) is 0 Å². The van der Waals surface area contributed by atoms with Crippen molar-refractivity contribution in [1.29, 1.82) is 0 Å². The fourth-order valence-electron chi connectivity index (χ4n) is 0.891. The van der Waals surface area contributed by atoms with E-state index in [1.54, 1.807) is 0 Å². The normalized spacial score (nSPS) is 30.5. The molecule has 1 atom stereocenters. The third-order valence-corrected chi connectivity index (χ3v) is 5.55. The van der Waals surface area contributed by atoms with Crippen molar-refractivity contribution in [2.45, 2.75) is 5.11 Å². The van der Waals surface area contributed by atoms with E-state index in [0.717, 1.165) is 0 Å². The second kappa shape index (κ2) is 2.53. The van der Waals surface area contributed by atoms with Gasteiger partial charge in [0.25, 0.3) is 0 Å². The summed E-state index contributed by atoms with van der Waals surface area (Å²) in [7, 11) is -8.15. The molecule has 66 valence electrons. The lowest BCUT2D eigenvalue weighted by Crippen LogP contribution is -2.26. The lowest BCUT2D eigenvalue weighted by molar-refractivity contribution is 0.364. The smallest absolute Gasteiger partial charge is 0.323 e. The van der Waals surface area contributed by atoms with Crippen molar-refractivity contribution >= 4 is 17.4 Å². The van der Waals surface area contributed by atoms with Crippen molar-refractivity contribution in [3.63, 3.8) is 0 Å². The number of sulfone groups is 1. The molecular weight excluding hydrogens is 193 g/mol. The first-order valence-electron chi connectivity index (χ1n) is 2.84. The molecule has 1 aliphatic heterocycles. The van der Waals surface area contributed by atoms with Crippen LogP contribution < -0.4 is 5.32 Å². The van der Waals surface area contributed by atoms with E-state index in [1.165, 1.54) is 0 Å². The van der Waals surface area contributed by atoms with Crippen LogP contribution in [0.4, 0.5) is 0 Å². The highest BCUT2D eigenvalue weighted by molar-refractivity contribution is 7.98. The highest BCUT2D eigenvalue weighted by atomic mass is 32.2. The highest BCUT2D eigenvalue weighted by Gasteiger charge is 2.43. The van der Waals surface area contributed by atoms with E-state index < -0.39 is 22.5 Å². The van der Waals surface area contributed by atoms with Crippen LogP contribution in [0.15, 0.2) is 0 Å². The fourth-order valence-corrected chi connectivity index (χ4v) is 4.25. The van der Waals surface area contributed by atoms with E-state index in [4.69, 9.17) is 9.79 Å². The minimum atomic E-state index is -4.53. The number of hydrogen-bond donors (Lipinski definition) is 3. The van der Waals surface area contributed by atoms with Crippen LogP contribution in [0, 0.1) is 0 Å². The average molecular weight is 201 g/mol. The summed E-state index contributed by atoms with van der Waals surface area (Å²) in [6.45, 7) is 0.109. The molecule has 3 N–H and O–H groups in total. The number of hydrogen-bond acceptors (Lipinski definition) is 4. The Bertz CT molecular complexity index is 291. The maximum atomic E-state index is 10.9. The van der Waals surface area contributed by atoms with Crippen LogP contribution in [0.5, 0.6) is 0 Å². The lowest BCUT2D eigenvalue weighted by Gasteiger charge is -2.10. The van der Waals surface area contributed by atoms with E-state index in [1.807, 2.05) is 0 Å². The van der Waals surface area contributed by atoms with Gasteiger partial charge in [0.1, 0.15) is 0 Å². The molecule has 8 heteroatoms. The molecule has 11 heavy (non-hydrogen) atoms. The van der Waals surface area contributed by atoms with Gasteiger partial charge in [0, 0.05) is 6.54 Å². The third kappa shape index (κ3) is 1.80. The molecule has 0 aromatic heterocycles. The van der Waals surface area contributed by atoms with Crippen molar-refractivity contribution in [2.24, 2.45) is 0 Å². The lowest BCUT2D eigenvalue weighted by atomic mass is 10.8. The minimum Gasteiger partial charge on any atom is -0.323 e. The van der Waals surface area contributed by atoms with E-state index >= 15 is 0 Å². The molecule has 0 bridgehead atoms. The van der Waals surface area contributed by atoms with Gasteiger partial charge < -0.3 is 9.79 Å². The molecule has 0 saturated carbocycles. The van der Waals surface area contributed by atoms with Crippen molar-refractivity contribution in [1.82, 2.24) is 5.32 Å². The molecule has 1 heterocycles. The van der Waals surface area contributed by atoms with Crippen molar-refractivity contribution < 1.29 is 22.8 Å². The predicted octanol–water partition coefficient (Wildman–Crippen LogP) is -1.53. The Kier molecular flexibility index (Phi) is 2.11. The molecule has 0 spiro atoms. The van der Waals surface area contributed by atoms with Crippen LogP contribution in [0.25, 0.3) is 0 Å². The van der Waals surface area contributed by atoms with Gasteiger partial charge in [-0.25, -0.2) is 8.42 Å². The maximum absolute atomic E-state index is 10.9. The Morgan fingerprint density at radius 1 is 1.45 bits per heavy atom. The van der Waals surface area contributed by atoms with E-state index in [2.05, 4.69) is 5.32 Å². The third-order valence-electron chi connectivity index (χ3n) is 1.35. The summed E-state index contributed by atoms with van der Waals surface area (Å²) >= 11 is 0. The summed E-state index contributed by atoms with van der Waals surface area (Å²) in [5.41, 5.74) is 0. The SMILES string of the molecule is O=P(O)(O)C1NCCS1(=O)=O. The molecule has 6 nitrogen and oxygen atoms in total. The molecule has 0 amide bonds. The van der Waals surface area contributed by atoms with Crippen LogP contribution >= 0.6 is 7.60 Å². The van der Waals surface area contributed by atoms with Crippen LogP contribution in [0.2, 0.25) is 0 Å². The fraction of sp³-hybridized carbons (Fsp3) is 1.00. The van der Waals surface area contributed by atoms with Crippen LogP contribution in [0.3, 0.4) is 0 Å². The Hall–Kier alpha value is 0.0600. The summed E-state index contributed by atoms with van der Waals surface area (Å²) < 4.78 is 32.2. The maximum Gasteiger partial charge on any atom is 0.357 e. The molecule has 0 radical (unpaired) electrons. The zero-order valence-electron chi connectivity index (χ0n) is 5.47. The molecular formula is C3H8NO5PS. The summed E-state index contributed by atoms with van der Waals surface area (Å²) in [6.07, 6.45) is 0. The summed E-state index contributed by atoms with van der Waals surface area (Å²) in [6, 6.07) is 0. The zero-order chi connectivity index (χ0) is 8.70. The van der Waals surface area contributed by atoms with Crippen molar-refractivity contribution in [3.05, 3.63) is 0 Å². The Labute approximate surface area is 63.7 Å². The van der Waals surface area contributed by atoms with Gasteiger partial charge in [0.2, 0.25) is 5.11 Å². The minimum absolute atomic E-state index is 0.109. The average Bonchev–Trinajstić information content (AvgIpc) is 2.06. The Morgan fingerprint density at radius 2 is 2.00 bits per heavy atom. The standard InChI is InChI=1S/C3H8NO5PS/c5-10(6,7)3-4-1-2-11(3,8)9/h3-4H,1-2H2,(H2,5,6,7). The van der Waals surface area contributed by atoms with Gasteiger partial charge in [-0.1, -0.05) is 0 Å². The first-order valence-corrected chi connectivity index (χ1v) is 6.24. The van der Waals surface area contributed by atoms with Crippen molar-refractivity contribution in [2.75, 3.05) is 12.3 Å². The second-order valence-electron chi connectivity index (χ2n) is 2.26. The zero-order valence-corrected chi connectivity index (χ0v) is 7.18. The second-order valence-corrected chi connectivity index (χ2v) is 6.51. The molecule has 0 aromatic carbocycles. The van der Waals surface area contributed by atoms with Crippen LogP contribution in [-0.4, -0.2) is 35.6 Å². The molecule has 1 fully saturated rings. The van der Waals surface area contributed by atoms with Gasteiger partial charge in [0.05, 0.1) is 5.75 Å².